The zero-order valence-electron chi connectivity index (χ0n) is 50.6. The predicted octanol–water partition coefficient (Wildman–Crippen LogP) is 15.2. The Kier molecular flexibility index (Phi) is 21.4. The maximum atomic E-state index is 13.9. The highest BCUT2D eigenvalue weighted by molar-refractivity contribution is 5.73. The van der Waals surface area contributed by atoms with E-state index < -0.39 is 137 Å². The molecule has 0 radical (unpaired) electrons. The van der Waals surface area contributed by atoms with Crippen molar-refractivity contribution >= 4 is 24.4 Å². The van der Waals surface area contributed by atoms with Crippen molar-refractivity contribution in [3.05, 3.63) is 213 Å². The quantitative estimate of drug-likeness (QED) is 0.0659. The van der Waals surface area contributed by atoms with Crippen LogP contribution < -0.4 is 10.6 Å². The van der Waals surface area contributed by atoms with Crippen LogP contribution in [0.5, 0.6) is 0 Å². The number of aliphatic hydroxyl groups excluding tert-OH is 1. The smallest absolute Gasteiger partial charge is 0.416 e. The second-order valence-electron chi connectivity index (χ2n) is 23.6. The first-order chi connectivity index (χ1) is 43.5. The van der Waals surface area contributed by atoms with E-state index in [9.17, 15) is 77.0 Å². The van der Waals surface area contributed by atoms with E-state index in [0.29, 0.717) is 46.5 Å². The average molecular weight is 1320 g/mol. The molecule has 0 aliphatic carbocycles. The highest BCUT2D eigenvalue weighted by atomic mass is 19.4. The molecule has 27 heteroatoms. The van der Waals surface area contributed by atoms with Crippen molar-refractivity contribution in [1.82, 2.24) is 20.4 Å². The molecule has 3 aliphatic rings. The second kappa shape index (κ2) is 28.3. The number of hydrogen-bond acceptors (Lipinski definition) is 11. The first kappa shape index (κ1) is 70.3. The molecule has 1 unspecified atom stereocenters. The maximum Gasteiger partial charge on any atom is 0.416 e. The number of nitrogens with zero attached hydrogens (tertiary/aromatic N) is 2. The van der Waals surface area contributed by atoms with Crippen LogP contribution in [0.1, 0.15) is 115 Å². The van der Waals surface area contributed by atoms with Gasteiger partial charge in [-0.2, -0.15) is 52.7 Å². The normalized spacial score (nSPS) is 21.6. The molecule has 3 saturated heterocycles. The number of likely N-dealkylation sites (tertiary alicyclic amines) is 2. The molecule has 3 N–H and O–H groups in total. The number of hydrogen-bond donors (Lipinski definition) is 3. The molecule has 0 saturated carbocycles. The third kappa shape index (κ3) is 17.8. The molecule has 0 aromatic heterocycles. The predicted molar refractivity (Wildman–Crippen MR) is 310 cm³/mol. The van der Waals surface area contributed by atoms with Gasteiger partial charge in [0.1, 0.15) is 24.9 Å². The van der Waals surface area contributed by atoms with E-state index in [0.717, 1.165) is 0 Å². The molecule has 3 fully saturated rings. The number of benzene rings is 6. The number of fused-ring (bicyclic) bond motifs is 1. The van der Waals surface area contributed by atoms with E-state index in [-0.39, 0.29) is 63.4 Å². The van der Waals surface area contributed by atoms with Crippen LogP contribution in [0.3, 0.4) is 0 Å². The molecule has 6 aromatic rings. The molecule has 4 amide bonds. The van der Waals surface area contributed by atoms with Crippen molar-refractivity contribution < 1.29 is 105 Å². The van der Waals surface area contributed by atoms with Gasteiger partial charge in [0, 0.05) is 25.9 Å². The Morgan fingerprint density at radius 1 is 0.570 bits per heavy atom. The zero-order valence-corrected chi connectivity index (χ0v) is 50.6. The monoisotopic (exact) mass is 1320 g/mol. The summed E-state index contributed by atoms with van der Waals surface area (Å²) in [5.41, 5.74) is -8.11. The summed E-state index contributed by atoms with van der Waals surface area (Å²) in [7, 11) is 0. The number of ether oxygens (including phenoxy) is 6. The van der Waals surface area contributed by atoms with Gasteiger partial charge in [-0.05, 0) is 104 Å². The van der Waals surface area contributed by atoms with Crippen molar-refractivity contribution in [2.45, 2.75) is 139 Å². The molecule has 500 valence electrons. The summed E-state index contributed by atoms with van der Waals surface area (Å²) < 4.78 is 197. The molecule has 6 aromatic carbocycles. The number of nitrogens with one attached hydrogen (secondary N) is 2. The molecule has 9 rings (SSSR count). The number of halogens is 12. The van der Waals surface area contributed by atoms with Crippen LogP contribution in [0.4, 0.5) is 71.9 Å². The summed E-state index contributed by atoms with van der Waals surface area (Å²) >= 11 is 0. The summed E-state index contributed by atoms with van der Waals surface area (Å²) in [5.74, 6) is 0. The van der Waals surface area contributed by atoms with Gasteiger partial charge in [0.05, 0.1) is 76.9 Å². The highest BCUT2D eigenvalue weighted by Gasteiger charge is 2.55. The lowest BCUT2D eigenvalue weighted by Crippen LogP contribution is -2.66. The number of piperidine rings is 2. The summed E-state index contributed by atoms with van der Waals surface area (Å²) in [6.45, 7) is 6.14. The van der Waals surface area contributed by atoms with Gasteiger partial charge in [-0.1, -0.05) is 121 Å². The molecule has 0 spiro atoms. The Morgan fingerprint density at radius 3 is 1.31 bits per heavy atom. The van der Waals surface area contributed by atoms with Crippen LogP contribution in [-0.4, -0.2) is 95.5 Å². The minimum Gasteiger partial charge on any atom is -0.445 e. The van der Waals surface area contributed by atoms with Gasteiger partial charge in [-0.3, -0.25) is 9.80 Å². The van der Waals surface area contributed by atoms with E-state index in [4.69, 9.17) is 28.4 Å². The average Bonchev–Trinajstić information content (AvgIpc) is 1.71. The number of amides is 4. The van der Waals surface area contributed by atoms with Crippen LogP contribution in [0, 0.1) is 0 Å². The van der Waals surface area contributed by atoms with Gasteiger partial charge in [0.2, 0.25) is 0 Å². The molecule has 3 heterocycles. The van der Waals surface area contributed by atoms with Gasteiger partial charge >= 0.3 is 49.1 Å². The molecule has 8 atom stereocenters. The molecule has 3 aliphatic heterocycles. The van der Waals surface area contributed by atoms with Crippen molar-refractivity contribution in [3.63, 3.8) is 0 Å². The maximum absolute atomic E-state index is 13.9. The first-order valence-corrected chi connectivity index (χ1v) is 29.1. The Balaban J connectivity index is 0.000000240. The number of alkyl halides is 12. The van der Waals surface area contributed by atoms with Crippen molar-refractivity contribution in [1.29, 1.82) is 0 Å². The Bertz CT molecular complexity index is 3460. The SMILES string of the molecule is C[C@@H](OC[C@@]1(c2ccccc2)C[C@@H](O)[C@H](NC(=O)OC(C)(C)C)CN1C(=O)OCc1ccccc1)c1cc(C(F)(F)F)cc(C(F)(F)F)c1.C[C@@H](OC[C@@]1(c2ccccc2)C[C@H]2OC(=O)NC2CN1C(=O)OCc1ccccc1)c1cc(C(F)(F)F)cc(C(F)(F)F)c1. The fraction of sp³-hybridized carbons (Fsp3) is 0.394. The minimum atomic E-state index is -5.07. The molecule has 0 bridgehead atoms. The first-order valence-electron chi connectivity index (χ1n) is 29.1. The number of alkyl carbamates (subject to hydrolysis) is 2. The lowest BCUT2D eigenvalue weighted by Gasteiger charge is -2.51. The van der Waals surface area contributed by atoms with Gasteiger partial charge in [0.15, 0.2) is 0 Å². The van der Waals surface area contributed by atoms with Crippen molar-refractivity contribution in [2.75, 3.05) is 26.3 Å². The largest absolute Gasteiger partial charge is 0.445 e. The third-order valence-corrected chi connectivity index (χ3v) is 15.8. The van der Waals surface area contributed by atoms with Crippen LogP contribution >= 0.6 is 0 Å². The van der Waals surface area contributed by atoms with E-state index in [1.165, 1.54) is 23.6 Å². The molecule has 15 nitrogen and oxygen atoms in total. The summed E-state index contributed by atoms with van der Waals surface area (Å²) in [5, 5.41) is 16.7. The van der Waals surface area contributed by atoms with Crippen molar-refractivity contribution in [3.8, 4) is 0 Å². The fourth-order valence-electron chi connectivity index (χ4n) is 11.1. The van der Waals surface area contributed by atoms with Crippen molar-refractivity contribution in [2.24, 2.45) is 0 Å². The minimum absolute atomic E-state index is 0.0178. The molecule has 93 heavy (non-hydrogen) atoms. The topological polar surface area (TPSA) is 174 Å². The number of aliphatic hydroxyl groups is 1. The molecular formula is C66H66F12N4O11. The Labute approximate surface area is 526 Å². The number of carbonyl (C=O) groups is 4. The lowest BCUT2D eigenvalue weighted by atomic mass is 9.78. The third-order valence-electron chi connectivity index (χ3n) is 15.8. The van der Waals surface area contributed by atoms with E-state index >= 15 is 0 Å². The fourth-order valence-corrected chi connectivity index (χ4v) is 11.1. The standard InChI is InChI=1S/C35H38F6N2O6.C31H28F6N2O5/c1-22(24-15-26(34(36,37)38)17-27(16-24)35(39,40)41)48-21-33(25-13-9-6-10-14-25)18-29(44)28(42-30(45)49-32(2,3)4)19-43(33)31(46)47-20-23-11-7-5-8-12-23;1-19(21-12-23(30(32,33)34)14-24(13-21)31(35,36)37)43-18-29(22-10-6-3-7-11-22)15-26-25(38-27(40)44-26)16-39(29)28(41)42-17-20-8-4-2-5-9-20/h5-17,22,28-29,44H,18-21H2,1-4H3,(H,42,45);2-14,19,25-26H,15-18H2,1H3,(H,38,40)/t22-,28-,29-,33-;19-,25?,26-,29-/m11/s1. The van der Waals surface area contributed by atoms with Gasteiger partial charge in [-0.15, -0.1) is 0 Å². The van der Waals surface area contributed by atoms with E-state index in [1.807, 2.05) is 0 Å². The van der Waals surface area contributed by atoms with Crippen LogP contribution in [0.25, 0.3) is 0 Å². The van der Waals surface area contributed by atoms with Gasteiger partial charge in [-0.25, -0.2) is 19.2 Å². The highest BCUT2D eigenvalue weighted by Crippen LogP contribution is 2.46. The van der Waals surface area contributed by atoms with Crippen LogP contribution in [-0.2, 0) is 77.4 Å². The summed E-state index contributed by atoms with van der Waals surface area (Å²) in [6, 6.07) is 35.4. The van der Waals surface area contributed by atoms with Crippen LogP contribution in [0.2, 0.25) is 0 Å². The second-order valence-corrected chi connectivity index (χ2v) is 23.6. The Hall–Kier alpha value is -8.56. The van der Waals surface area contributed by atoms with E-state index in [1.54, 1.807) is 142 Å². The number of carbonyl (C=O) groups excluding carboxylic acids is 4. The zero-order chi connectivity index (χ0) is 67.9. The Morgan fingerprint density at radius 2 is 0.935 bits per heavy atom. The lowest BCUT2D eigenvalue weighted by molar-refractivity contribution is -0.145. The van der Waals surface area contributed by atoms with Gasteiger partial charge < -0.3 is 44.2 Å². The van der Waals surface area contributed by atoms with E-state index in [2.05, 4.69) is 10.6 Å². The van der Waals surface area contributed by atoms with Crippen LogP contribution in [0.15, 0.2) is 158 Å². The number of rotatable bonds is 15. The molecular weight excluding hydrogens is 1250 g/mol. The summed E-state index contributed by atoms with van der Waals surface area (Å²) in [6.07, 6.45) is -28.2. The van der Waals surface area contributed by atoms with Gasteiger partial charge in [0.25, 0.3) is 0 Å². The summed E-state index contributed by atoms with van der Waals surface area (Å²) in [4.78, 5) is 55.1.